The molecule has 0 aliphatic carbocycles. The number of benzene rings is 2. The van der Waals surface area contributed by atoms with Gasteiger partial charge in [0.2, 0.25) is 5.91 Å². The summed E-state index contributed by atoms with van der Waals surface area (Å²) in [5.74, 6) is -0.377. The van der Waals surface area contributed by atoms with Crippen molar-refractivity contribution < 1.29 is 14.4 Å². The minimum absolute atomic E-state index is 0.0474. The van der Waals surface area contributed by atoms with Crippen molar-refractivity contribution in [3.05, 3.63) is 71.8 Å². The number of nitrogens with zero attached hydrogens (tertiary/aromatic N) is 1. The molecule has 4 amide bonds. The molecule has 6 nitrogen and oxygen atoms in total. The number of hydrogen-bond acceptors (Lipinski definition) is 3. The van der Waals surface area contributed by atoms with Gasteiger partial charge < -0.3 is 10.6 Å². The highest BCUT2D eigenvalue weighted by molar-refractivity contribution is 6.04. The Morgan fingerprint density at radius 2 is 1.66 bits per heavy atom. The molecule has 0 unspecified atom stereocenters. The Labute approximate surface area is 171 Å². The Bertz CT molecular complexity index is 839. The van der Waals surface area contributed by atoms with Crippen molar-refractivity contribution in [3.63, 3.8) is 0 Å². The SMILES string of the molecule is C[C@@H](CCc1ccccc1)NC(=O)CC[C@@H]1NC(=O)N(Cc2ccccc2)C1=O. The monoisotopic (exact) mass is 393 g/mol. The summed E-state index contributed by atoms with van der Waals surface area (Å²) < 4.78 is 0. The largest absolute Gasteiger partial charge is 0.354 e. The van der Waals surface area contributed by atoms with Crippen molar-refractivity contribution >= 4 is 17.8 Å². The van der Waals surface area contributed by atoms with Gasteiger partial charge in [-0.05, 0) is 37.3 Å². The fraction of sp³-hybridized carbons (Fsp3) is 0.348. The van der Waals surface area contributed by atoms with Gasteiger partial charge >= 0.3 is 6.03 Å². The highest BCUT2D eigenvalue weighted by Crippen LogP contribution is 2.15. The van der Waals surface area contributed by atoms with E-state index in [4.69, 9.17) is 0 Å². The third kappa shape index (κ3) is 5.91. The van der Waals surface area contributed by atoms with Gasteiger partial charge in [0.05, 0.1) is 6.54 Å². The summed E-state index contributed by atoms with van der Waals surface area (Å²) in [4.78, 5) is 38.1. The summed E-state index contributed by atoms with van der Waals surface area (Å²) in [5.41, 5.74) is 2.13. The molecule has 0 radical (unpaired) electrons. The first kappa shape index (κ1) is 20.6. The van der Waals surface area contributed by atoms with Gasteiger partial charge in [-0.3, -0.25) is 14.5 Å². The molecule has 1 aliphatic rings. The standard InChI is InChI=1S/C23H27N3O3/c1-17(12-13-18-8-4-2-5-9-18)24-21(27)15-14-20-22(28)26(23(29)25-20)16-19-10-6-3-7-11-19/h2-11,17,20H,12-16H2,1H3,(H,24,27)(H,25,29)/t17-,20-/m0/s1. The van der Waals surface area contributed by atoms with E-state index in [1.54, 1.807) is 0 Å². The van der Waals surface area contributed by atoms with E-state index >= 15 is 0 Å². The van der Waals surface area contributed by atoms with Crippen molar-refractivity contribution in [3.8, 4) is 0 Å². The number of amides is 4. The van der Waals surface area contributed by atoms with E-state index in [2.05, 4.69) is 22.8 Å². The molecule has 1 heterocycles. The van der Waals surface area contributed by atoms with E-state index in [1.165, 1.54) is 10.5 Å². The Balaban J connectivity index is 1.41. The molecule has 2 atom stereocenters. The average Bonchev–Trinajstić information content (AvgIpc) is 3.00. The summed E-state index contributed by atoms with van der Waals surface area (Å²) in [7, 11) is 0. The van der Waals surface area contributed by atoms with Crippen molar-refractivity contribution in [2.45, 2.75) is 51.2 Å². The zero-order valence-electron chi connectivity index (χ0n) is 16.6. The van der Waals surface area contributed by atoms with Crippen LogP contribution in [0.4, 0.5) is 4.79 Å². The predicted octanol–water partition coefficient (Wildman–Crippen LogP) is 3.02. The van der Waals surface area contributed by atoms with Gasteiger partial charge in [0.1, 0.15) is 6.04 Å². The van der Waals surface area contributed by atoms with Crippen LogP contribution >= 0.6 is 0 Å². The summed E-state index contributed by atoms with van der Waals surface area (Å²) in [6.07, 6.45) is 2.24. The summed E-state index contributed by atoms with van der Waals surface area (Å²) >= 11 is 0. The average molecular weight is 393 g/mol. The van der Waals surface area contributed by atoms with Gasteiger partial charge in [0.25, 0.3) is 5.91 Å². The topological polar surface area (TPSA) is 78.5 Å². The molecule has 6 heteroatoms. The zero-order chi connectivity index (χ0) is 20.6. The van der Waals surface area contributed by atoms with Crippen LogP contribution in [0.1, 0.15) is 37.3 Å². The highest BCUT2D eigenvalue weighted by Gasteiger charge is 2.37. The van der Waals surface area contributed by atoms with Crippen molar-refractivity contribution in [2.24, 2.45) is 0 Å². The number of urea groups is 1. The molecular formula is C23H27N3O3. The molecule has 0 spiro atoms. The molecular weight excluding hydrogens is 366 g/mol. The molecule has 2 aromatic carbocycles. The molecule has 2 aromatic rings. The third-order valence-corrected chi connectivity index (χ3v) is 5.07. The van der Waals surface area contributed by atoms with Crippen LogP contribution in [0.5, 0.6) is 0 Å². The quantitative estimate of drug-likeness (QED) is 0.643. The minimum Gasteiger partial charge on any atom is -0.354 e. The van der Waals surface area contributed by atoms with E-state index in [0.717, 1.165) is 18.4 Å². The zero-order valence-corrected chi connectivity index (χ0v) is 16.6. The number of imide groups is 1. The maximum absolute atomic E-state index is 12.5. The van der Waals surface area contributed by atoms with Crippen molar-refractivity contribution in [2.75, 3.05) is 0 Å². The van der Waals surface area contributed by atoms with E-state index in [0.29, 0.717) is 6.42 Å². The Morgan fingerprint density at radius 1 is 1.03 bits per heavy atom. The fourth-order valence-corrected chi connectivity index (χ4v) is 3.41. The lowest BCUT2D eigenvalue weighted by molar-refractivity contribution is -0.128. The molecule has 1 fully saturated rings. The second-order valence-electron chi connectivity index (χ2n) is 7.44. The maximum Gasteiger partial charge on any atom is 0.325 e. The number of carbonyl (C=O) groups is 3. The summed E-state index contributed by atoms with van der Waals surface area (Å²) in [5, 5.41) is 5.66. The molecule has 29 heavy (non-hydrogen) atoms. The molecule has 0 aromatic heterocycles. The number of hydrogen-bond donors (Lipinski definition) is 2. The highest BCUT2D eigenvalue weighted by atomic mass is 16.2. The third-order valence-electron chi connectivity index (χ3n) is 5.07. The molecule has 1 aliphatic heterocycles. The minimum atomic E-state index is -0.642. The Hall–Kier alpha value is -3.15. The first-order valence-electron chi connectivity index (χ1n) is 10.0. The van der Waals surface area contributed by atoms with Crippen LogP contribution in [0, 0.1) is 0 Å². The van der Waals surface area contributed by atoms with Crippen LogP contribution in [-0.2, 0) is 22.6 Å². The van der Waals surface area contributed by atoms with Gasteiger partial charge in [-0.2, -0.15) is 0 Å². The second-order valence-corrected chi connectivity index (χ2v) is 7.44. The van der Waals surface area contributed by atoms with E-state index in [-0.39, 0.29) is 30.8 Å². The van der Waals surface area contributed by atoms with E-state index in [9.17, 15) is 14.4 Å². The number of aryl methyl sites for hydroxylation is 1. The molecule has 2 N–H and O–H groups in total. The molecule has 152 valence electrons. The summed E-state index contributed by atoms with van der Waals surface area (Å²) in [6.45, 7) is 2.22. The Kier molecular flexibility index (Phi) is 7.00. The number of rotatable bonds is 9. The molecule has 1 saturated heterocycles. The van der Waals surface area contributed by atoms with Crippen LogP contribution in [-0.4, -0.2) is 34.8 Å². The van der Waals surface area contributed by atoms with Crippen LogP contribution in [0.2, 0.25) is 0 Å². The number of nitrogens with one attached hydrogen (secondary N) is 2. The van der Waals surface area contributed by atoms with Crippen LogP contribution < -0.4 is 10.6 Å². The molecule has 0 bridgehead atoms. The molecule has 0 saturated carbocycles. The fourth-order valence-electron chi connectivity index (χ4n) is 3.41. The number of carbonyl (C=O) groups excluding carboxylic acids is 3. The van der Waals surface area contributed by atoms with Gasteiger partial charge in [0.15, 0.2) is 0 Å². The summed E-state index contributed by atoms with van der Waals surface area (Å²) in [6, 6.07) is 18.5. The smallest absolute Gasteiger partial charge is 0.325 e. The lowest BCUT2D eigenvalue weighted by atomic mass is 10.1. The van der Waals surface area contributed by atoms with Gasteiger partial charge in [-0.25, -0.2) is 4.79 Å². The van der Waals surface area contributed by atoms with Crippen molar-refractivity contribution in [1.29, 1.82) is 0 Å². The van der Waals surface area contributed by atoms with Gasteiger partial charge in [-0.1, -0.05) is 60.7 Å². The lowest BCUT2D eigenvalue weighted by Crippen LogP contribution is -2.35. The van der Waals surface area contributed by atoms with Crippen LogP contribution in [0.15, 0.2) is 60.7 Å². The molecule has 3 rings (SSSR count). The van der Waals surface area contributed by atoms with Crippen LogP contribution in [0.25, 0.3) is 0 Å². The van der Waals surface area contributed by atoms with Crippen LogP contribution in [0.3, 0.4) is 0 Å². The lowest BCUT2D eigenvalue weighted by Gasteiger charge is -2.15. The normalized spacial score (nSPS) is 17.1. The Morgan fingerprint density at radius 3 is 2.31 bits per heavy atom. The van der Waals surface area contributed by atoms with Gasteiger partial charge in [-0.15, -0.1) is 0 Å². The maximum atomic E-state index is 12.5. The predicted molar refractivity (Wildman–Crippen MR) is 111 cm³/mol. The van der Waals surface area contributed by atoms with Gasteiger partial charge in [0, 0.05) is 12.5 Å². The van der Waals surface area contributed by atoms with Crippen molar-refractivity contribution in [1.82, 2.24) is 15.5 Å². The van der Waals surface area contributed by atoms with E-state index in [1.807, 2.05) is 55.5 Å². The first-order valence-corrected chi connectivity index (χ1v) is 10.0. The first-order chi connectivity index (χ1) is 14.0. The van der Waals surface area contributed by atoms with E-state index < -0.39 is 12.1 Å². The second kappa shape index (κ2) is 9.87.